The molecule has 0 bridgehead atoms. The van der Waals surface area contributed by atoms with Gasteiger partial charge in [-0.25, -0.2) is 0 Å². The van der Waals surface area contributed by atoms with Crippen LogP contribution >= 0.6 is 11.3 Å². The van der Waals surface area contributed by atoms with Crippen LogP contribution in [-0.4, -0.2) is 17.2 Å². The molecule has 0 radical (unpaired) electrons. The first kappa shape index (κ1) is 13.1. The van der Waals surface area contributed by atoms with Gasteiger partial charge in [0, 0.05) is 15.2 Å². The normalized spacial score (nSPS) is 10.5. The second-order valence-electron chi connectivity index (χ2n) is 4.50. The summed E-state index contributed by atoms with van der Waals surface area (Å²) in [6, 6.07) is 21.6. The van der Waals surface area contributed by atoms with Crippen LogP contribution in [0, 0.1) is 0 Å². The van der Waals surface area contributed by atoms with Crippen molar-refractivity contribution in [1.29, 1.82) is 0 Å². The Bertz CT molecular complexity index is 693. The summed E-state index contributed by atoms with van der Waals surface area (Å²) < 4.78 is 0. The van der Waals surface area contributed by atoms with Crippen LogP contribution in [-0.2, 0) is 0 Å². The van der Waals surface area contributed by atoms with Crippen LogP contribution in [0.5, 0.6) is 0 Å². The summed E-state index contributed by atoms with van der Waals surface area (Å²) in [7, 11) is -1.46. The molecule has 0 amide bonds. The molecule has 98 valence electrons. The highest BCUT2D eigenvalue weighted by atomic mass is 32.1. The van der Waals surface area contributed by atoms with Crippen molar-refractivity contribution in [1.82, 2.24) is 0 Å². The van der Waals surface area contributed by atoms with Gasteiger partial charge in [-0.2, -0.15) is 0 Å². The highest BCUT2D eigenvalue weighted by molar-refractivity contribution is 7.20. The third-order valence-electron chi connectivity index (χ3n) is 3.13. The molecule has 20 heavy (non-hydrogen) atoms. The molecule has 2 aromatic carbocycles. The van der Waals surface area contributed by atoms with Crippen molar-refractivity contribution >= 4 is 23.9 Å². The fourth-order valence-corrected chi connectivity index (χ4v) is 3.35. The van der Waals surface area contributed by atoms with E-state index in [1.165, 1.54) is 0 Å². The Morgan fingerprint density at radius 1 is 0.750 bits per heavy atom. The number of rotatable bonds is 3. The topological polar surface area (TPSA) is 40.5 Å². The molecule has 0 saturated carbocycles. The van der Waals surface area contributed by atoms with Gasteiger partial charge < -0.3 is 10.0 Å². The van der Waals surface area contributed by atoms with E-state index in [1.807, 2.05) is 66.7 Å². The average molecular weight is 280 g/mol. The molecule has 0 aliphatic carbocycles. The van der Waals surface area contributed by atoms with E-state index in [9.17, 15) is 10.0 Å². The first-order valence-electron chi connectivity index (χ1n) is 6.36. The Morgan fingerprint density at radius 3 is 1.85 bits per heavy atom. The maximum absolute atomic E-state index is 9.59. The Morgan fingerprint density at radius 2 is 1.30 bits per heavy atom. The maximum Gasteiger partial charge on any atom is 0.489 e. The van der Waals surface area contributed by atoms with Crippen molar-refractivity contribution < 1.29 is 10.0 Å². The van der Waals surface area contributed by atoms with E-state index in [0.29, 0.717) is 5.46 Å². The van der Waals surface area contributed by atoms with Gasteiger partial charge in [0.15, 0.2) is 0 Å². The summed E-state index contributed by atoms with van der Waals surface area (Å²) >= 11 is 1.57. The van der Waals surface area contributed by atoms with Gasteiger partial charge in [0.1, 0.15) is 0 Å². The molecule has 0 atom stereocenters. The maximum atomic E-state index is 9.59. The molecule has 3 rings (SSSR count). The van der Waals surface area contributed by atoms with E-state index in [0.717, 1.165) is 20.9 Å². The third-order valence-corrected chi connectivity index (χ3v) is 4.38. The first-order valence-corrected chi connectivity index (χ1v) is 7.18. The van der Waals surface area contributed by atoms with Crippen molar-refractivity contribution in [2.24, 2.45) is 0 Å². The quantitative estimate of drug-likeness (QED) is 0.724. The standard InChI is InChI=1S/C16H13BO2S/c18-17(19)14-11-15(12-7-3-1-4-8-12)20-16(14)13-9-5-2-6-10-13/h1-11,18-19H. The molecule has 3 aromatic rings. The molecule has 1 aromatic heterocycles. The van der Waals surface area contributed by atoms with Crippen molar-refractivity contribution in [3.63, 3.8) is 0 Å². The van der Waals surface area contributed by atoms with E-state index in [2.05, 4.69) is 0 Å². The van der Waals surface area contributed by atoms with E-state index < -0.39 is 7.12 Å². The zero-order valence-corrected chi connectivity index (χ0v) is 11.5. The fraction of sp³-hybridized carbons (Fsp3) is 0. The minimum atomic E-state index is -1.46. The van der Waals surface area contributed by atoms with Gasteiger partial charge in [0.2, 0.25) is 0 Å². The number of benzene rings is 2. The Balaban J connectivity index is 2.13. The van der Waals surface area contributed by atoms with Crippen molar-refractivity contribution in [3.05, 3.63) is 66.7 Å². The SMILES string of the molecule is OB(O)c1cc(-c2ccccc2)sc1-c1ccccc1. The summed E-state index contributed by atoms with van der Waals surface area (Å²) in [5, 5.41) is 19.2. The van der Waals surface area contributed by atoms with E-state index in [4.69, 9.17) is 0 Å². The molecule has 2 nitrogen and oxygen atoms in total. The Kier molecular flexibility index (Phi) is 3.69. The van der Waals surface area contributed by atoms with Crippen LogP contribution in [0.15, 0.2) is 66.7 Å². The van der Waals surface area contributed by atoms with Crippen LogP contribution in [0.2, 0.25) is 0 Å². The number of hydrogen-bond acceptors (Lipinski definition) is 3. The van der Waals surface area contributed by atoms with E-state index in [-0.39, 0.29) is 0 Å². The monoisotopic (exact) mass is 280 g/mol. The van der Waals surface area contributed by atoms with Crippen LogP contribution in [0.1, 0.15) is 0 Å². The lowest BCUT2D eigenvalue weighted by Gasteiger charge is -2.01. The number of thiophene rings is 1. The summed E-state index contributed by atoms with van der Waals surface area (Å²) in [6.07, 6.45) is 0. The second-order valence-corrected chi connectivity index (χ2v) is 5.55. The largest absolute Gasteiger partial charge is 0.489 e. The van der Waals surface area contributed by atoms with Gasteiger partial charge >= 0.3 is 7.12 Å². The lowest BCUT2D eigenvalue weighted by Crippen LogP contribution is -2.29. The minimum Gasteiger partial charge on any atom is -0.423 e. The molecule has 4 heteroatoms. The number of hydrogen-bond donors (Lipinski definition) is 2. The van der Waals surface area contributed by atoms with Crippen LogP contribution in [0.3, 0.4) is 0 Å². The van der Waals surface area contributed by atoms with E-state index >= 15 is 0 Å². The van der Waals surface area contributed by atoms with Crippen LogP contribution in [0.25, 0.3) is 20.9 Å². The molecule has 0 aliphatic rings. The van der Waals surface area contributed by atoms with Gasteiger partial charge in [-0.05, 0) is 17.2 Å². The molecular weight excluding hydrogens is 267 g/mol. The Labute approximate surface area is 122 Å². The molecule has 1 heterocycles. The Hall–Kier alpha value is -1.88. The molecular formula is C16H13BO2S. The zero-order valence-electron chi connectivity index (χ0n) is 10.7. The van der Waals surface area contributed by atoms with E-state index in [1.54, 1.807) is 11.3 Å². The molecule has 0 saturated heterocycles. The second kappa shape index (κ2) is 5.63. The highest BCUT2D eigenvalue weighted by Gasteiger charge is 2.21. The summed E-state index contributed by atoms with van der Waals surface area (Å²) in [6.45, 7) is 0. The van der Waals surface area contributed by atoms with Crippen LogP contribution < -0.4 is 5.46 Å². The highest BCUT2D eigenvalue weighted by Crippen LogP contribution is 2.32. The summed E-state index contributed by atoms with van der Waals surface area (Å²) in [5.41, 5.74) is 2.64. The molecule has 0 fully saturated rings. The molecule has 0 spiro atoms. The average Bonchev–Trinajstić information content (AvgIpc) is 2.94. The lowest BCUT2D eigenvalue weighted by molar-refractivity contribution is 0.426. The predicted octanol–water partition coefficient (Wildman–Crippen LogP) is 2.76. The van der Waals surface area contributed by atoms with Crippen LogP contribution in [0.4, 0.5) is 0 Å². The predicted molar refractivity (Wildman–Crippen MR) is 85.0 cm³/mol. The first-order chi connectivity index (χ1) is 9.75. The molecule has 2 N–H and O–H groups in total. The summed E-state index contributed by atoms with van der Waals surface area (Å²) in [5.74, 6) is 0. The fourth-order valence-electron chi connectivity index (χ4n) is 2.16. The lowest BCUT2D eigenvalue weighted by atomic mass is 9.79. The van der Waals surface area contributed by atoms with Gasteiger partial charge in [-0.3, -0.25) is 0 Å². The van der Waals surface area contributed by atoms with Gasteiger partial charge in [-0.1, -0.05) is 60.7 Å². The van der Waals surface area contributed by atoms with Crippen molar-refractivity contribution in [2.45, 2.75) is 0 Å². The molecule has 0 unspecified atom stereocenters. The van der Waals surface area contributed by atoms with Crippen molar-refractivity contribution in [3.8, 4) is 20.9 Å². The minimum absolute atomic E-state index is 0.556. The van der Waals surface area contributed by atoms with Gasteiger partial charge in [0.05, 0.1) is 0 Å². The third kappa shape index (κ3) is 2.54. The van der Waals surface area contributed by atoms with Gasteiger partial charge in [0.25, 0.3) is 0 Å². The smallest absolute Gasteiger partial charge is 0.423 e. The molecule has 0 aliphatic heterocycles. The van der Waals surface area contributed by atoms with Crippen molar-refractivity contribution in [2.75, 3.05) is 0 Å². The summed E-state index contributed by atoms with van der Waals surface area (Å²) in [4.78, 5) is 1.94. The zero-order chi connectivity index (χ0) is 13.9. The van der Waals surface area contributed by atoms with Gasteiger partial charge in [-0.15, -0.1) is 11.3 Å².